The van der Waals surface area contributed by atoms with Gasteiger partial charge in [-0.1, -0.05) is 6.92 Å². The number of rotatable bonds is 4. The SMILES string of the molecule is CC(C(=O)Nc1nc(-c2ccc3c(c2)OCO3)cs1)C1CNC1. The number of hydrogen-bond donors (Lipinski definition) is 2. The maximum Gasteiger partial charge on any atom is 0.231 e. The largest absolute Gasteiger partial charge is 0.454 e. The summed E-state index contributed by atoms with van der Waals surface area (Å²) in [6, 6.07) is 5.73. The van der Waals surface area contributed by atoms with Crippen LogP contribution < -0.4 is 20.1 Å². The minimum atomic E-state index is -0.00542. The highest BCUT2D eigenvalue weighted by atomic mass is 32.1. The molecule has 6 nitrogen and oxygen atoms in total. The number of carbonyl (C=O) groups excluding carboxylic acids is 1. The molecule has 1 unspecified atom stereocenters. The van der Waals surface area contributed by atoms with E-state index in [0.717, 1.165) is 35.8 Å². The average molecular weight is 331 g/mol. The number of fused-ring (bicyclic) bond motifs is 1. The van der Waals surface area contributed by atoms with Gasteiger partial charge < -0.3 is 20.1 Å². The molecule has 7 heteroatoms. The molecular formula is C16H17N3O3S. The molecule has 0 saturated carbocycles. The van der Waals surface area contributed by atoms with Crippen molar-refractivity contribution in [3.63, 3.8) is 0 Å². The van der Waals surface area contributed by atoms with Crippen molar-refractivity contribution >= 4 is 22.4 Å². The number of benzene rings is 1. The van der Waals surface area contributed by atoms with Crippen LogP contribution in [0, 0.1) is 11.8 Å². The number of hydrogen-bond acceptors (Lipinski definition) is 6. The van der Waals surface area contributed by atoms with Gasteiger partial charge in [-0.05, 0) is 37.2 Å². The standard InChI is InChI=1S/C16H17N3O3S/c1-9(11-5-17-6-11)15(20)19-16-18-12(7-23-16)10-2-3-13-14(4-10)22-8-21-13/h2-4,7,9,11,17H,5-6,8H2,1H3,(H,18,19,20). The molecular weight excluding hydrogens is 314 g/mol. The highest BCUT2D eigenvalue weighted by Gasteiger charge is 2.29. The van der Waals surface area contributed by atoms with Crippen molar-refractivity contribution in [2.24, 2.45) is 11.8 Å². The minimum absolute atomic E-state index is 0.00542. The average Bonchev–Trinajstić information content (AvgIpc) is 3.13. The third-order valence-electron chi connectivity index (χ3n) is 4.34. The predicted molar refractivity (Wildman–Crippen MR) is 87.8 cm³/mol. The number of ether oxygens (including phenoxy) is 2. The van der Waals surface area contributed by atoms with E-state index in [1.165, 1.54) is 11.3 Å². The van der Waals surface area contributed by atoms with Crippen molar-refractivity contribution in [1.29, 1.82) is 0 Å². The van der Waals surface area contributed by atoms with Gasteiger partial charge >= 0.3 is 0 Å². The van der Waals surface area contributed by atoms with Gasteiger partial charge in [0.2, 0.25) is 12.7 Å². The third-order valence-corrected chi connectivity index (χ3v) is 5.09. The van der Waals surface area contributed by atoms with Crippen LogP contribution in [-0.2, 0) is 4.79 Å². The smallest absolute Gasteiger partial charge is 0.231 e. The fourth-order valence-corrected chi connectivity index (χ4v) is 3.34. The van der Waals surface area contributed by atoms with Crippen LogP contribution in [0.1, 0.15) is 6.92 Å². The molecule has 1 fully saturated rings. The van der Waals surface area contributed by atoms with Crippen LogP contribution in [0.3, 0.4) is 0 Å². The third kappa shape index (κ3) is 2.77. The summed E-state index contributed by atoms with van der Waals surface area (Å²) in [5, 5.41) is 8.67. The first kappa shape index (κ1) is 14.5. The Bertz CT molecular complexity index is 742. The number of nitrogens with one attached hydrogen (secondary N) is 2. The highest BCUT2D eigenvalue weighted by Crippen LogP contribution is 2.36. The topological polar surface area (TPSA) is 72.5 Å². The van der Waals surface area contributed by atoms with Gasteiger partial charge in [-0.15, -0.1) is 11.3 Å². The van der Waals surface area contributed by atoms with E-state index in [9.17, 15) is 4.79 Å². The Labute approximate surface area is 137 Å². The summed E-state index contributed by atoms with van der Waals surface area (Å²) < 4.78 is 10.7. The summed E-state index contributed by atoms with van der Waals surface area (Å²) in [7, 11) is 0. The van der Waals surface area contributed by atoms with E-state index in [4.69, 9.17) is 9.47 Å². The van der Waals surface area contributed by atoms with Gasteiger partial charge in [0.05, 0.1) is 5.69 Å². The summed E-state index contributed by atoms with van der Waals surface area (Å²) in [6.45, 7) is 4.04. The van der Waals surface area contributed by atoms with Crippen LogP contribution in [0.4, 0.5) is 5.13 Å². The van der Waals surface area contributed by atoms with Crippen molar-refractivity contribution in [3.8, 4) is 22.8 Å². The summed E-state index contributed by atoms with van der Waals surface area (Å²) in [5.41, 5.74) is 1.77. The number of thiazole rings is 1. The lowest BCUT2D eigenvalue weighted by atomic mass is 9.88. The summed E-state index contributed by atoms with van der Waals surface area (Å²) in [6.07, 6.45) is 0. The number of carbonyl (C=O) groups is 1. The molecule has 0 aliphatic carbocycles. The summed E-state index contributed by atoms with van der Waals surface area (Å²) >= 11 is 1.43. The van der Waals surface area contributed by atoms with E-state index in [1.54, 1.807) is 0 Å². The molecule has 1 amide bonds. The van der Waals surface area contributed by atoms with Crippen LogP contribution in [0.2, 0.25) is 0 Å². The van der Waals surface area contributed by atoms with Crippen molar-refractivity contribution < 1.29 is 14.3 Å². The minimum Gasteiger partial charge on any atom is -0.454 e. The fourth-order valence-electron chi connectivity index (χ4n) is 2.62. The van der Waals surface area contributed by atoms with Crippen LogP contribution in [0.15, 0.2) is 23.6 Å². The molecule has 1 aromatic carbocycles. The Kier molecular flexibility index (Phi) is 3.66. The Hall–Kier alpha value is -2.12. The van der Waals surface area contributed by atoms with E-state index in [2.05, 4.69) is 15.6 Å². The highest BCUT2D eigenvalue weighted by molar-refractivity contribution is 7.14. The van der Waals surface area contributed by atoms with E-state index in [0.29, 0.717) is 11.0 Å². The second-order valence-corrected chi connectivity index (χ2v) is 6.66. The quantitative estimate of drug-likeness (QED) is 0.900. The molecule has 2 N–H and O–H groups in total. The van der Waals surface area contributed by atoms with Gasteiger partial charge in [-0.3, -0.25) is 4.79 Å². The second kappa shape index (κ2) is 5.82. The zero-order valence-electron chi connectivity index (χ0n) is 12.7. The zero-order chi connectivity index (χ0) is 15.8. The molecule has 4 rings (SSSR count). The number of aromatic nitrogens is 1. The molecule has 3 heterocycles. The van der Waals surface area contributed by atoms with Crippen LogP contribution in [0.5, 0.6) is 11.5 Å². The molecule has 23 heavy (non-hydrogen) atoms. The van der Waals surface area contributed by atoms with E-state index < -0.39 is 0 Å². The van der Waals surface area contributed by atoms with Crippen molar-refractivity contribution in [3.05, 3.63) is 23.6 Å². The Morgan fingerprint density at radius 2 is 2.22 bits per heavy atom. The first-order valence-electron chi connectivity index (χ1n) is 7.58. The Morgan fingerprint density at radius 3 is 3.00 bits per heavy atom. The number of amides is 1. The number of anilines is 1. The Balaban J connectivity index is 1.47. The number of nitrogens with zero attached hydrogens (tertiary/aromatic N) is 1. The molecule has 2 aliphatic heterocycles. The van der Waals surface area contributed by atoms with Gasteiger partial charge in [0.1, 0.15) is 0 Å². The summed E-state index contributed by atoms with van der Waals surface area (Å²) in [5.74, 6) is 1.92. The lowest BCUT2D eigenvalue weighted by Gasteiger charge is -2.31. The predicted octanol–water partition coefficient (Wildman–Crippen LogP) is 2.33. The molecule has 0 radical (unpaired) electrons. The first-order valence-corrected chi connectivity index (χ1v) is 8.46. The molecule has 0 spiro atoms. The van der Waals surface area contributed by atoms with Crippen molar-refractivity contribution in [2.75, 3.05) is 25.2 Å². The molecule has 2 aromatic rings. The van der Waals surface area contributed by atoms with Crippen LogP contribution in [0.25, 0.3) is 11.3 Å². The van der Waals surface area contributed by atoms with E-state index in [-0.39, 0.29) is 18.6 Å². The van der Waals surface area contributed by atoms with Gasteiger partial charge in [0, 0.05) is 16.9 Å². The van der Waals surface area contributed by atoms with Crippen LogP contribution in [-0.4, -0.2) is 30.8 Å². The molecule has 120 valence electrons. The molecule has 1 saturated heterocycles. The maximum atomic E-state index is 12.2. The van der Waals surface area contributed by atoms with E-state index in [1.807, 2.05) is 30.5 Å². The van der Waals surface area contributed by atoms with Gasteiger partial charge in [-0.25, -0.2) is 4.98 Å². The molecule has 0 bridgehead atoms. The van der Waals surface area contributed by atoms with Gasteiger partial charge in [0.15, 0.2) is 16.6 Å². The molecule has 1 atom stereocenters. The zero-order valence-corrected chi connectivity index (χ0v) is 13.5. The lowest BCUT2D eigenvalue weighted by Crippen LogP contribution is -2.48. The van der Waals surface area contributed by atoms with Crippen molar-refractivity contribution in [2.45, 2.75) is 6.92 Å². The second-order valence-electron chi connectivity index (χ2n) is 5.80. The maximum absolute atomic E-state index is 12.2. The fraction of sp³-hybridized carbons (Fsp3) is 0.375. The first-order chi connectivity index (χ1) is 11.2. The lowest BCUT2D eigenvalue weighted by molar-refractivity contribution is -0.121. The molecule has 2 aliphatic rings. The van der Waals surface area contributed by atoms with Crippen molar-refractivity contribution in [1.82, 2.24) is 10.3 Å². The van der Waals surface area contributed by atoms with Gasteiger partial charge in [0.25, 0.3) is 0 Å². The monoisotopic (exact) mass is 331 g/mol. The normalized spacial score (nSPS) is 17.6. The Morgan fingerprint density at radius 1 is 1.39 bits per heavy atom. The van der Waals surface area contributed by atoms with E-state index >= 15 is 0 Å². The molecule has 1 aromatic heterocycles. The summed E-state index contributed by atoms with van der Waals surface area (Å²) in [4.78, 5) is 16.7. The van der Waals surface area contributed by atoms with Gasteiger partial charge in [-0.2, -0.15) is 0 Å². The van der Waals surface area contributed by atoms with Crippen LogP contribution >= 0.6 is 11.3 Å².